The Morgan fingerprint density at radius 3 is 2.75 bits per heavy atom. The van der Waals surface area contributed by atoms with Gasteiger partial charge in [-0.1, -0.05) is 32.4 Å². The first-order valence-corrected chi connectivity index (χ1v) is 10.0. The number of nitrogens with zero attached hydrogens (tertiary/aromatic N) is 1. The molecule has 134 valence electrons. The predicted octanol–water partition coefficient (Wildman–Crippen LogP) is 3.57. The molecule has 1 aliphatic rings. The van der Waals surface area contributed by atoms with Gasteiger partial charge in [-0.2, -0.15) is 4.31 Å². The third-order valence-corrected chi connectivity index (χ3v) is 6.30. The Morgan fingerprint density at radius 2 is 2.12 bits per heavy atom. The number of benzene rings is 1. The summed E-state index contributed by atoms with van der Waals surface area (Å²) < 4.78 is 32.4. The number of hydrogen-bond acceptors (Lipinski definition) is 4. The summed E-state index contributed by atoms with van der Waals surface area (Å²) in [5, 5.41) is 0.119. The van der Waals surface area contributed by atoms with Gasteiger partial charge in [0.2, 0.25) is 10.0 Å². The Balaban J connectivity index is 2.29. The molecule has 0 aliphatic carbocycles. The third-order valence-electron chi connectivity index (χ3n) is 3.95. The molecule has 0 bridgehead atoms. The average Bonchev–Trinajstić information content (AvgIpc) is 2.52. The van der Waals surface area contributed by atoms with Crippen LogP contribution in [0.15, 0.2) is 23.1 Å². The number of carbonyl (C=O) groups excluding carboxylic acids is 1. The van der Waals surface area contributed by atoms with Crippen LogP contribution in [0.1, 0.15) is 44.0 Å². The predicted molar refractivity (Wildman–Crippen MR) is 93.7 cm³/mol. The zero-order chi connectivity index (χ0) is 17.9. The lowest BCUT2D eigenvalue weighted by atomic mass is 10.0. The Kier molecular flexibility index (Phi) is 6.28. The van der Waals surface area contributed by atoms with Crippen LogP contribution >= 0.6 is 11.6 Å². The first-order chi connectivity index (χ1) is 11.2. The zero-order valence-corrected chi connectivity index (χ0v) is 15.9. The molecule has 1 aromatic carbocycles. The van der Waals surface area contributed by atoms with Crippen molar-refractivity contribution in [1.29, 1.82) is 0 Å². The summed E-state index contributed by atoms with van der Waals surface area (Å²) in [5.74, 6) is -0.0189. The van der Waals surface area contributed by atoms with E-state index in [0.717, 1.165) is 12.8 Å². The standard InChI is InChI=1S/C17H24ClNO4S/c1-12(2)11-23-17(20)14-6-7-15(18)16(9-14)24(21,22)19-8-4-5-13(3)10-19/h6-7,9,12-13H,4-5,8,10-11H2,1-3H3. The van der Waals surface area contributed by atoms with Crippen molar-refractivity contribution < 1.29 is 17.9 Å². The van der Waals surface area contributed by atoms with Crippen LogP contribution in [0.2, 0.25) is 5.02 Å². The summed E-state index contributed by atoms with van der Waals surface area (Å²) in [6, 6.07) is 4.25. The van der Waals surface area contributed by atoms with Crippen molar-refractivity contribution in [3.8, 4) is 0 Å². The van der Waals surface area contributed by atoms with Gasteiger partial charge in [-0.15, -0.1) is 0 Å². The minimum atomic E-state index is -3.72. The van der Waals surface area contributed by atoms with Crippen molar-refractivity contribution in [3.63, 3.8) is 0 Å². The molecule has 24 heavy (non-hydrogen) atoms. The second kappa shape index (κ2) is 7.85. The molecule has 1 unspecified atom stereocenters. The lowest BCUT2D eigenvalue weighted by Gasteiger charge is -2.30. The molecular formula is C17H24ClNO4S. The highest BCUT2D eigenvalue weighted by Gasteiger charge is 2.31. The molecule has 0 N–H and O–H groups in total. The van der Waals surface area contributed by atoms with Crippen molar-refractivity contribution in [3.05, 3.63) is 28.8 Å². The number of rotatable bonds is 5. The van der Waals surface area contributed by atoms with Crippen molar-refractivity contribution in [2.24, 2.45) is 11.8 Å². The molecule has 1 heterocycles. The van der Waals surface area contributed by atoms with E-state index in [-0.39, 0.29) is 28.0 Å². The fourth-order valence-corrected chi connectivity index (χ4v) is 4.76. The lowest BCUT2D eigenvalue weighted by molar-refractivity contribution is 0.0458. The summed E-state index contributed by atoms with van der Waals surface area (Å²) in [6.45, 7) is 7.13. The Morgan fingerprint density at radius 1 is 1.42 bits per heavy atom. The Labute approximate surface area is 149 Å². The largest absolute Gasteiger partial charge is 0.462 e. The molecule has 7 heteroatoms. The molecule has 0 saturated carbocycles. The number of sulfonamides is 1. The quantitative estimate of drug-likeness (QED) is 0.740. The van der Waals surface area contributed by atoms with E-state index in [0.29, 0.717) is 19.0 Å². The maximum atomic E-state index is 12.9. The van der Waals surface area contributed by atoms with Crippen LogP contribution in [-0.4, -0.2) is 38.4 Å². The van der Waals surface area contributed by atoms with E-state index in [2.05, 4.69) is 0 Å². The van der Waals surface area contributed by atoms with Crippen LogP contribution < -0.4 is 0 Å². The highest BCUT2D eigenvalue weighted by atomic mass is 35.5. The van der Waals surface area contributed by atoms with Gasteiger partial charge in [0, 0.05) is 13.1 Å². The van der Waals surface area contributed by atoms with E-state index in [1.807, 2.05) is 20.8 Å². The summed E-state index contributed by atoms with van der Waals surface area (Å²) in [5.41, 5.74) is 0.198. The van der Waals surface area contributed by atoms with E-state index in [9.17, 15) is 13.2 Å². The van der Waals surface area contributed by atoms with Gasteiger partial charge >= 0.3 is 5.97 Å². The molecule has 5 nitrogen and oxygen atoms in total. The Hall–Kier alpha value is -1.11. The van der Waals surface area contributed by atoms with Crippen LogP contribution in [0.25, 0.3) is 0 Å². The second-order valence-electron chi connectivity index (χ2n) is 6.75. The summed E-state index contributed by atoms with van der Waals surface area (Å²) in [4.78, 5) is 12.1. The molecule has 1 fully saturated rings. The van der Waals surface area contributed by atoms with Gasteiger partial charge in [-0.25, -0.2) is 13.2 Å². The van der Waals surface area contributed by atoms with E-state index in [1.54, 1.807) is 0 Å². The number of hydrogen-bond donors (Lipinski definition) is 0. The molecular weight excluding hydrogens is 350 g/mol. The van der Waals surface area contributed by atoms with E-state index < -0.39 is 16.0 Å². The fraction of sp³-hybridized carbons (Fsp3) is 0.588. The normalized spacial score (nSPS) is 19.5. The lowest BCUT2D eigenvalue weighted by Crippen LogP contribution is -2.39. The van der Waals surface area contributed by atoms with Crippen LogP contribution in [0.4, 0.5) is 0 Å². The van der Waals surface area contributed by atoms with E-state index in [1.165, 1.54) is 22.5 Å². The molecule has 1 aromatic rings. The minimum absolute atomic E-state index is 0.0303. The molecule has 1 atom stereocenters. The summed E-state index contributed by atoms with van der Waals surface area (Å²) in [6.07, 6.45) is 1.84. The highest BCUT2D eigenvalue weighted by Crippen LogP contribution is 2.29. The number of esters is 1. The zero-order valence-electron chi connectivity index (χ0n) is 14.3. The summed E-state index contributed by atoms with van der Waals surface area (Å²) >= 11 is 6.11. The molecule has 0 spiro atoms. The van der Waals surface area contributed by atoms with Crippen LogP contribution in [0, 0.1) is 11.8 Å². The number of ether oxygens (including phenoxy) is 1. The first kappa shape index (κ1) is 19.2. The van der Waals surface area contributed by atoms with Crippen molar-refractivity contribution in [2.45, 2.75) is 38.5 Å². The monoisotopic (exact) mass is 373 g/mol. The van der Waals surface area contributed by atoms with Crippen molar-refractivity contribution >= 4 is 27.6 Å². The van der Waals surface area contributed by atoms with Gasteiger partial charge in [-0.3, -0.25) is 0 Å². The van der Waals surface area contributed by atoms with E-state index >= 15 is 0 Å². The minimum Gasteiger partial charge on any atom is -0.462 e. The van der Waals surface area contributed by atoms with Gasteiger partial charge in [0.1, 0.15) is 4.90 Å². The van der Waals surface area contributed by atoms with Gasteiger partial charge < -0.3 is 4.74 Å². The fourth-order valence-electron chi connectivity index (χ4n) is 2.66. The second-order valence-corrected chi connectivity index (χ2v) is 9.06. The smallest absolute Gasteiger partial charge is 0.338 e. The average molecular weight is 374 g/mol. The first-order valence-electron chi connectivity index (χ1n) is 8.18. The SMILES string of the molecule is CC(C)COC(=O)c1ccc(Cl)c(S(=O)(=O)N2CCCC(C)C2)c1. The molecule has 2 rings (SSSR count). The van der Waals surface area contributed by atoms with E-state index in [4.69, 9.17) is 16.3 Å². The molecule has 0 radical (unpaired) electrons. The number of carbonyl (C=O) groups is 1. The molecule has 1 aliphatic heterocycles. The van der Waals surface area contributed by atoms with Gasteiger partial charge in [0.25, 0.3) is 0 Å². The van der Waals surface area contributed by atoms with Gasteiger partial charge in [0.05, 0.1) is 17.2 Å². The van der Waals surface area contributed by atoms with Crippen molar-refractivity contribution in [2.75, 3.05) is 19.7 Å². The van der Waals surface area contributed by atoms with Gasteiger partial charge in [0.15, 0.2) is 0 Å². The third kappa shape index (κ3) is 4.49. The van der Waals surface area contributed by atoms with Crippen LogP contribution in [-0.2, 0) is 14.8 Å². The highest BCUT2D eigenvalue weighted by molar-refractivity contribution is 7.89. The van der Waals surface area contributed by atoms with Crippen LogP contribution in [0.3, 0.4) is 0 Å². The topological polar surface area (TPSA) is 63.7 Å². The van der Waals surface area contributed by atoms with Gasteiger partial charge in [-0.05, 0) is 42.9 Å². The number of piperidine rings is 1. The number of halogens is 1. The van der Waals surface area contributed by atoms with Crippen molar-refractivity contribution in [1.82, 2.24) is 4.31 Å². The summed E-state index contributed by atoms with van der Waals surface area (Å²) in [7, 11) is -3.72. The maximum Gasteiger partial charge on any atom is 0.338 e. The molecule has 0 amide bonds. The Bertz CT molecular complexity index is 703. The van der Waals surface area contributed by atoms with Crippen LogP contribution in [0.5, 0.6) is 0 Å². The molecule has 0 aromatic heterocycles. The maximum absolute atomic E-state index is 12.9. The molecule has 1 saturated heterocycles.